The van der Waals surface area contributed by atoms with Crippen molar-refractivity contribution in [3.63, 3.8) is 0 Å². The molecule has 0 aromatic heterocycles. The maximum atomic E-state index is 14.8. The summed E-state index contributed by atoms with van der Waals surface area (Å²) in [5.74, 6) is 1.39. The first-order valence-corrected chi connectivity index (χ1v) is 28.2. The number of aryl methyl sites for hydroxylation is 2. The lowest BCUT2D eigenvalue weighted by atomic mass is 9.95. The summed E-state index contributed by atoms with van der Waals surface area (Å²) < 4.78 is 46.1. The highest BCUT2D eigenvalue weighted by Crippen LogP contribution is 2.52. The van der Waals surface area contributed by atoms with Gasteiger partial charge in [0.2, 0.25) is 23.3 Å². The number of fused-ring (bicyclic) bond motifs is 6. The maximum absolute atomic E-state index is 14.8. The molecule has 0 aliphatic heterocycles. The van der Waals surface area contributed by atoms with Crippen LogP contribution in [0.1, 0.15) is 114 Å². The minimum Gasteiger partial charge on any atom is -0.493 e. The predicted molar refractivity (Wildman–Crippen MR) is 302 cm³/mol. The van der Waals surface area contributed by atoms with Crippen LogP contribution in [0.25, 0.3) is 22.3 Å². The minimum absolute atomic E-state index is 0.0867. The van der Waals surface area contributed by atoms with E-state index in [2.05, 4.69) is 21.3 Å². The summed E-state index contributed by atoms with van der Waals surface area (Å²) >= 11 is 2.60. The van der Waals surface area contributed by atoms with E-state index in [0.717, 1.165) is 11.1 Å². The third-order valence-electron chi connectivity index (χ3n) is 13.3. The smallest absolute Gasteiger partial charge is 0.408 e. The van der Waals surface area contributed by atoms with Gasteiger partial charge in [-0.2, -0.15) is 0 Å². The molecule has 2 aliphatic carbocycles. The normalized spacial score (nSPS) is 15.4. The number of methoxy groups -OCH3 is 6. The number of alkyl carbamates (subject to hydrolysis) is 2. The number of carbonyl (C=O) groups is 4. The largest absolute Gasteiger partial charge is 0.493 e. The van der Waals surface area contributed by atoms with Gasteiger partial charge >= 0.3 is 12.2 Å². The van der Waals surface area contributed by atoms with E-state index in [1.54, 1.807) is 53.7 Å². The number of carbonyl (C=O) groups excluding carboxylic acids is 4. The van der Waals surface area contributed by atoms with E-state index in [-0.39, 0.29) is 36.5 Å². The summed E-state index contributed by atoms with van der Waals surface area (Å²) in [6.07, 6.45) is 4.31. The molecule has 0 radical (unpaired) electrons. The van der Waals surface area contributed by atoms with Crippen LogP contribution < -0.4 is 60.5 Å². The van der Waals surface area contributed by atoms with Crippen molar-refractivity contribution in [2.45, 2.75) is 138 Å². The van der Waals surface area contributed by atoms with Gasteiger partial charge in [-0.3, -0.25) is 19.2 Å². The molecule has 0 saturated heterocycles. The van der Waals surface area contributed by atoms with Crippen LogP contribution in [-0.4, -0.2) is 102 Å². The van der Waals surface area contributed by atoms with E-state index in [0.29, 0.717) is 103 Å². The van der Waals surface area contributed by atoms with Crippen LogP contribution in [-0.2, 0) is 31.9 Å². The van der Waals surface area contributed by atoms with Crippen LogP contribution in [0.2, 0.25) is 0 Å². The molecule has 2 aliphatic rings. The Kier molecular flexibility index (Phi) is 20.3. The molecule has 422 valence electrons. The fraction of sp³-hybridized carbons (Fsp3) is 0.483. The molecule has 0 spiro atoms. The fourth-order valence-electron chi connectivity index (χ4n) is 9.91. The highest BCUT2D eigenvalue weighted by Gasteiger charge is 2.35. The van der Waals surface area contributed by atoms with Crippen molar-refractivity contribution in [2.24, 2.45) is 0 Å². The molecule has 0 heterocycles. The predicted octanol–water partition coefficient (Wildman–Crippen LogP) is 9.49. The van der Waals surface area contributed by atoms with E-state index >= 15 is 0 Å². The topological polar surface area (TPSA) is 224 Å². The van der Waals surface area contributed by atoms with Crippen LogP contribution in [0.3, 0.4) is 0 Å². The van der Waals surface area contributed by atoms with Gasteiger partial charge in [0.1, 0.15) is 23.3 Å². The molecule has 4 N–H and O–H groups in total. The Balaban J connectivity index is 1.31. The number of benzene rings is 2. The Hall–Kier alpha value is -6.80. The molecule has 0 saturated carbocycles. The summed E-state index contributed by atoms with van der Waals surface area (Å²) in [4.78, 5) is 85.0. The molecule has 20 heteroatoms. The summed E-state index contributed by atoms with van der Waals surface area (Å²) in [7, 11) is 9.16. The number of rotatable bonds is 19. The molecule has 0 fully saturated rings. The van der Waals surface area contributed by atoms with Crippen LogP contribution in [0.4, 0.5) is 9.59 Å². The molecule has 4 aromatic rings. The highest BCUT2D eigenvalue weighted by molar-refractivity contribution is 7.98. The van der Waals surface area contributed by atoms with Crippen LogP contribution in [0.15, 0.2) is 67.9 Å². The number of unbranched alkanes of at least 4 members (excludes halogenated alkanes) is 1. The van der Waals surface area contributed by atoms with E-state index in [9.17, 15) is 28.8 Å². The van der Waals surface area contributed by atoms with Gasteiger partial charge in [-0.15, -0.1) is 23.5 Å². The average Bonchev–Trinajstić information content (AvgIpc) is 3.83. The van der Waals surface area contributed by atoms with Crippen molar-refractivity contribution in [1.29, 1.82) is 0 Å². The van der Waals surface area contributed by atoms with Gasteiger partial charge in [0.05, 0.1) is 64.5 Å². The standard InChI is InChI=1S/C58H74N4O14S2/c1-57(2,3)75-55(67)61-39(53(65)59-37-23-19-31-27-43(69-7)49(71-9)51(73-11)47(31)33-21-25-45(77-13)41(63)29-35(33)37)17-15-16-18-40(62-56(68)76-58(4,5)6)54(66)60-38-24-20-32-28-44(70-8)50(72-10)52(74-12)48(32)34-22-26-46(78-14)42(64)30-36(34)38/h21-22,25-30,37-40H,15-20,23-24H2,1-14H3,(H,59,65)(H,60,66)(H,61,67)(H,62,68)/t37-,38-,39-,40-/m0/s1. The van der Waals surface area contributed by atoms with Crippen molar-refractivity contribution in [3.8, 4) is 56.8 Å². The van der Waals surface area contributed by atoms with E-state index in [1.165, 1.54) is 78.3 Å². The number of amides is 4. The lowest BCUT2D eigenvalue weighted by Gasteiger charge is -2.27. The maximum Gasteiger partial charge on any atom is 0.408 e. The molecule has 0 unspecified atom stereocenters. The number of hydrogen-bond acceptors (Lipinski definition) is 16. The summed E-state index contributed by atoms with van der Waals surface area (Å²) in [6.45, 7) is 10.3. The Bertz CT molecular complexity index is 2810. The molecular formula is C58H74N4O14S2. The second kappa shape index (κ2) is 26.2. The van der Waals surface area contributed by atoms with Gasteiger partial charge in [0.15, 0.2) is 33.9 Å². The molecule has 6 rings (SSSR count). The molecule has 4 aromatic carbocycles. The molecular weight excluding hydrogens is 1040 g/mol. The number of ether oxygens (including phenoxy) is 8. The van der Waals surface area contributed by atoms with Crippen molar-refractivity contribution in [3.05, 3.63) is 91.2 Å². The fourth-order valence-corrected chi connectivity index (χ4v) is 10.8. The van der Waals surface area contributed by atoms with Gasteiger partial charge in [0, 0.05) is 11.1 Å². The van der Waals surface area contributed by atoms with Gasteiger partial charge < -0.3 is 59.2 Å². The molecule has 78 heavy (non-hydrogen) atoms. The van der Waals surface area contributed by atoms with Gasteiger partial charge in [-0.25, -0.2) is 9.59 Å². The number of thioether (sulfide) groups is 2. The van der Waals surface area contributed by atoms with Crippen LogP contribution in [0.5, 0.6) is 34.5 Å². The first-order valence-electron chi connectivity index (χ1n) is 25.7. The Morgan fingerprint density at radius 2 is 0.897 bits per heavy atom. The lowest BCUT2D eigenvalue weighted by molar-refractivity contribution is -0.125. The van der Waals surface area contributed by atoms with Crippen LogP contribution in [0, 0.1) is 0 Å². The highest BCUT2D eigenvalue weighted by atomic mass is 32.2. The monoisotopic (exact) mass is 1110 g/mol. The molecule has 18 nitrogen and oxygen atoms in total. The van der Waals surface area contributed by atoms with Gasteiger partial charge in [-0.1, -0.05) is 25.0 Å². The Morgan fingerprint density at radius 3 is 1.21 bits per heavy atom. The summed E-state index contributed by atoms with van der Waals surface area (Å²) in [5, 5.41) is 11.9. The molecule has 0 bridgehead atoms. The third kappa shape index (κ3) is 14.3. The number of nitrogens with one attached hydrogen (secondary N) is 4. The zero-order valence-corrected chi connectivity index (χ0v) is 48.8. The van der Waals surface area contributed by atoms with Crippen molar-refractivity contribution >= 4 is 47.5 Å². The second-order valence-corrected chi connectivity index (χ2v) is 22.5. The van der Waals surface area contributed by atoms with Gasteiger partial charge in [0.25, 0.3) is 0 Å². The van der Waals surface area contributed by atoms with E-state index in [4.69, 9.17) is 37.9 Å². The Morgan fingerprint density at radius 1 is 0.538 bits per heavy atom. The van der Waals surface area contributed by atoms with Crippen LogP contribution >= 0.6 is 23.5 Å². The minimum atomic E-state index is -1.15. The molecule has 4 atom stereocenters. The first kappa shape index (κ1) is 60.4. The van der Waals surface area contributed by atoms with Crippen molar-refractivity contribution in [1.82, 2.24) is 21.3 Å². The van der Waals surface area contributed by atoms with E-state index in [1.807, 2.05) is 36.8 Å². The Labute approximate surface area is 465 Å². The third-order valence-corrected chi connectivity index (χ3v) is 14.9. The lowest BCUT2D eigenvalue weighted by Crippen LogP contribution is -2.49. The van der Waals surface area contributed by atoms with Gasteiger partial charge in [-0.05, 0) is 162 Å². The quantitative estimate of drug-likeness (QED) is 0.0507. The zero-order valence-electron chi connectivity index (χ0n) is 47.1. The number of hydrogen-bond donors (Lipinski definition) is 4. The zero-order chi connectivity index (χ0) is 57.2. The first-order chi connectivity index (χ1) is 37.0. The van der Waals surface area contributed by atoms with Crippen molar-refractivity contribution < 1.29 is 57.1 Å². The van der Waals surface area contributed by atoms with E-state index < -0.39 is 59.4 Å². The SMILES string of the molecule is COc1cc2c(c(OC)c1OC)-c1ccc(SC)c(=O)cc1[C@@H](NC(=O)[C@H](CCCC[C@H](NC(=O)OC(C)(C)C)C(=O)N[C@H]1CCc3cc(OC)c(OC)c(OC)c3-c3ccc(SC)c(=O)cc31)NC(=O)OC(C)(C)C)CC2. The molecule has 4 amide bonds. The average molecular weight is 1120 g/mol. The summed E-state index contributed by atoms with van der Waals surface area (Å²) in [5.41, 5.74) is 3.18. The van der Waals surface area contributed by atoms with Crippen molar-refractivity contribution in [2.75, 3.05) is 55.2 Å². The summed E-state index contributed by atoms with van der Waals surface area (Å²) in [6, 6.07) is 10.3. The second-order valence-electron chi connectivity index (χ2n) is 20.8.